The SMILES string of the molecule is CN1CC2(CCCCC2)c2ccc(F)cc21. The molecule has 3 rings (SSSR count). The molecule has 0 amide bonds. The quantitative estimate of drug-likeness (QED) is 0.645. The van der Waals surface area contributed by atoms with Crippen LogP contribution in [-0.2, 0) is 5.41 Å². The second-order valence-corrected chi connectivity index (χ2v) is 5.36. The van der Waals surface area contributed by atoms with Crippen LogP contribution in [0, 0.1) is 5.82 Å². The summed E-state index contributed by atoms with van der Waals surface area (Å²) >= 11 is 0. The molecule has 0 aromatic heterocycles. The molecule has 1 spiro atoms. The van der Waals surface area contributed by atoms with Crippen LogP contribution in [0.1, 0.15) is 37.7 Å². The molecule has 16 heavy (non-hydrogen) atoms. The molecule has 1 saturated carbocycles. The minimum atomic E-state index is -0.113. The van der Waals surface area contributed by atoms with Crippen molar-refractivity contribution in [1.29, 1.82) is 0 Å². The predicted octanol–water partition coefficient (Wildman–Crippen LogP) is 3.48. The summed E-state index contributed by atoms with van der Waals surface area (Å²) in [7, 11) is 2.08. The summed E-state index contributed by atoms with van der Waals surface area (Å²) in [5.74, 6) is -0.113. The molecule has 1 nitrogen and oxygen atoms in total. The Balaban J connectivity index is 2.07. The Hall–Kier alpha value is -1.05. The van der Waals surface area contributed by atoms with Crippen LogP contribution in [0.15, 0.2) is 18.2 Å². The number of hydrogen-bond acceptors (Lipinski definition) is 1. The maximum absolute atomic E-state index is 13.3. The fourth-order valence-electron chi connectivity index (χ4n) is 3.55. The Bertz CT molecular complexity index is 407. The third kappa shape index (κ3) is 1.35. The summed E-state index contributed by atoms with van der Waals surface area (Å²) in [6.07, 6.45) is 6.56. The van der Waals surface area contributed by atoms with E-state index < -0.39 is 0 Å². The van der Waals surface area contributed by atoms with E-state index >= 15 is 0 Å². The lowest BCUT2D eigenvalue weighted by molar-refractivity contribution is 0.312. The van der Waals surface area contributed by atoms with Crippen LogP contribution in [0.5, 0.6) is 0 Å². The van der Waals surface area contributed by atoms with Gasteiger partial charge in [-0.15, -0.1) is 0 Å². The topological polar surface area (TPSA) is 3.24 Å². The molecule has 1 heterocycles. The second-order valence-electron chi connectivity index (χ2n) is 5.36. The first-order chi connectivity index (χ1) is 7.71. The lowest BCUT2D eigenvalue weighted by Gasteiger charge is -2.34. The normalized spacial score (nSPS) is 22.5. The second kappa shape index (κ2) is 3.47. The third-order valence-corrected chi connectivity index (χ3v) is 4.29. The first-order valence-electron chi connectivity index (χ1n) is 6.22. The number of benzene rings is 1. The first-order valence-corrected chi connectivity index (χ1v) is 6.22. The van der Waals surface area contributed by atoms with Gasteiger partial charge in [-0.05, 0) is 30.5 Å². The molecule has 1 fully saturated rings. The van der Waals surface area contributed by atoms with Gasteiger partial charge in [0.25, 0.3) is 0 Å². The summed E-state index contributed by atoms with van der Waals surface area (Å²) < 4.78 is 13.3. The average Bonchev–Trinajstić information content (AvgIpc) is 2.53. The van der Waals surface area contributed by atoms with Crippen molar-refractivity contribution in [2.45, 2.75) is 37.5 Å². The van der Waals surface area contributed by atoms with E-state index in [1.54, 1.807) is 12.1 Å². The molecular formula is C14H18FN. The van der Waals surface area contributed by atoms with Crippen LogP contribution in [0.4, 0.5) is 10.1 Å². The molecule has 0 atom stereocenters. The van der Waals surface area contributed by atoms with E-state index in [2.05, 4.69) is 11.9 Å². The molecule has 0 unspecified atom stereocenters. The molecule has 1 aliphatic heterocycles. The van der Waals surface area contributed by atoms with E-state index in [4.69, 9.17) is 0 Å². The Morgan fingerprint density at radius 2 is 1.94 bits per heavy atom. The van der Waals surface area contributed by atoms with Gasteiger partial charge in [0.2, 0.25) is 0 Å². The Morgan fingerprint density at radius 3 is 2.69 bits per heavy atom. The van der Waals surface area contributed by atoms with Crippen LogP contribution in [0.25, 0.3) is 0 Å². The number of nitrogens with zero attached hydrogens (tertiary/aromatic N) is 1. The van der Waals surface area contributed by atoms with Crippen molar-refractivity contribution in [3.63, 3.8) is 0 Å². The molecule has 0 N–H and O–H groups in total. The van der Waals surface area contributed by atoms with Crippen LogP contribution in [0.3, 0.4) is 0 Å². The van der Waals surface area contributed by atoms with Gasteiger partial charge in [-0.3, -0.25) is 0 Å². The minimum absolute atomic E-state index is 0.113. The zero-order valence-electron chi connectivity index (χ0n) is 9.80. The first kappa shape index (κ1) is 10.1. The highest BCUT2D eigenvalue weighted by Crippen LogP contribution is 2.48. The standard InChI is InChI=1S/C14H18FN/c1-16-10-14(7-3-2-4-8-14)12-6-5-11(15)9-13(12)16/h5-6,9H,2-4,7-8,10H2,1H3. The number of hydrogen-bond donors (Lipinski definition) is 0. The van der Waals surface area contributed by atoms with Gasteiger partial charge < -0.3 is 4.90 Å². The largest absolute Gasteiger partial charge is 0.373 e. The van der Waals surface area contributed by atoms with Crippen LogP contribution < -0.4 is 4.90 Å². The number of halogens is 1. The molecule has 1 aromatic rings. The fourth-order valence-corrected chi connectivity index (χ4v) is 3.55. The van der Waals surface area contributed by atoms with Crippen molar-refractivity contribution in [1.82, 2.24) is 0 Å². The molecule has 0 bridgehead atoms. The van der Waals surface area contributed by atoms with Gasteiger partial charge in [-0.1, -0.05) is 25.3 Å². The van der Waals surface area contributed by atoms with Gasteiger partial charge >= 0.3 is 0 Å². The molecule has 2 aliphatic rings. The average molecular weight is 219 g/mol. The Morgan fingerprint density at radius 1 is 1.19 bits per heavy atom. The highest BCUT2D eigenvalue weighted by atomic mass is 19.1. The monoisotopic (exact) mass is 219 g/mol. The number of likely N-dealkylation sites (N-methyl/N-ethyl adjacent to an activating group) is 1. The summed E-state index contributed by atoms with van der Waals surface area (Å²) in [4.78, 5) is 2.23. The maximum Gasteiger partial charge on any atom is 0.125 e. The highest BCUT2D eigenvalue weighted by Gasteiger charge is 2.41. The van der Waals surface area contributed by atoms with Gasteiger partial charge in [-0.2, -0.15) is 0 Å². The lowest BCUT2D eigenvalue weighted by Crippen LogP contribution is -2.33. The van der Waals surface area contributed by atoms with Crippen molar-refractivity contribution in [2.75, 3.05) is 18.5 Å². The molecule has 1 aromatic carbocycles. The van der Waals surface area contributed by atoms with Gasteiger partial charge in [0.1, 0.15) is 5.82 Å². The van der Waals surface area contributed by atoms with E-state index in [-0.39, 0.29) is 5.82 Å². The summed E-state index contributed by atoms with van der Waals surface area (Å²) in [5, 5.41) is 0. The zero-order chi connectivity index (χ0) is 11.2. The zero-order valence-corrected chi connectivity index (χ0v) is 9.80. The Kier molecular flexibility index (Phi) is 2.20. The van der Waals surface area contributed by atoms with E-state index in [9.17, 15) is 4.39 Å². The lowest BCUT2D eigenvalue weighted by atomic mass is 9.71. The number of fused-ring (bicyclic) bond motifs is 2. The highest BCUT2D eigenvalue weighted by molar-refractivity contribution is 5.62. The molecule has 1 aliphatic carbocycles. The third-order valence-electron chi connectivity index (χ3n) is 4.29. The molecular weight excluding hydrogens is 201 g/mol. The van der Waals surface area contributed by atoms with E-state index in [1.807, 2.05) is 6.07 Å². The van der Waals surface area contributed by atoms with Gasteiger partial charge in [0, 0.05) is 24.7 Å². The van der Waals surface area contributed by atoms with Crippen LogP contribution in [-0.4, -0.2) is 13.6 Å². The smallest absolute Gasteiger partial charge is 0.125 e. The van der Waals surface area contributed by atoms with Gasteiger partial charge in [-0.25, -0.2) is 4.39 Å². The Labute approximate surface area is 96.3 Å². The van der Waals surface area contributed by atoms with Crippen molar-refractivity contribution < 1.29 is 4.39 Å². The van der Waals surface area contributed by atoms with Crippen LogP contribution >= 0.6 is 0 Å². The predicted molar refractivity (Wildman–Crippen MR) is 64.4 cm³/mol. The van der Waals surface area contributed by atoms with Crippen LogP contribution in [0.2, 0.25) is 0 Å². The van der Waals surface area contributed by atoms with Crippen molar-refractivity contribution in [3.8, 4) is 0 Å². The summed E-state index contributed by atoms with van der Waals surface area (Å²) in [5.41, 5.74) is 2.83. The minimum Gasteiger partial charge on any atom is -0.373 e. The fraction of sp³-hybridized carbons (Fsp3) is 0.571. The van der Waals surface area contributed by atoms with Crippen molar-refractivity contribution >= 4 is 5.69 Å². The van der Waals surface area contributed by atoms with E-state index in [0.29, 0.717) is 5.41 Å². The summed E-state index contributed by atoms with van der Waals surface area (Å²) in [6.45, 7) is 1.08. The number of anilines is 1. The van der Waals surface area contributed by atoms with E-state index in [1.165, 1.54) is 37.7 Å². The van der Waals surface area contributed by atoms with Gasteiger partial charge in [0.05, 0.1) is 0 Å². The van der Waals surface area contributed by atoms with E-state index in [0.717, 1.165) is 12.2 Å². The molecule has 0 radical (unpaired) electrons. The summed E-state index contributed by atoms with van der Waals surface area (Å²) in [6, 6.07) is 5.33. The van der Waals surface area contributed by atoms with Crippen molar-refractivity contribution in [2.24, 2.45) is 0 Å². The molecule has 2 heteroatoms. The maximum atomic E-state index is 13.3. The van der Waals surface area contributed by atoms with Crippen molar-refractivity contribution in [3.05, 3.63) is 29.6 Å². The molecule has 86 valence electrons. The van der Waals surface area contributed by atoms with Gasteiger partial charge in [0.15, 0.2) is 0 Å². The number of rotatable bonds is 0. The molecule has 0 saturated heterocycles.